The van der Waals surface area contributed by atoms with Crippen LogP contribution in [0.4, 0.5) is 0 Å². The quantitative estimate of drug-likeness (QED) is 0.895. The summed E-state index contributed by atoms with van der Waals surface area (Å²) in [7, 11) is 2.00. The van der Waals surface area contributed by atoms with E-state index in [4.69, 9.17) is 5.73 Å². The maximum Gasteiger partial charge on any atom is 0.0624 e. The van der Waals surface area contributed by atoms with E-state index >= 15 is 0 Å². The number of benzene rings is 1. The van der Waals surface area contributed by atoms with E-state index in [0.717, 1.165) is 25.0 Å². The Morgan fingerprint density at radius 1 is 1.21 bits per heavy atom. The van der Waals surface area contributed by atoms with E-state index in [2.05, 4.69) is 37.1 Å². The van der Waals surface area contributed by atoms with Crippen LogP contribution in [0, 0.1) is 0 Å². The molecule has 1 aromatic carbocycles. The van der Waals surface area contributed by atoms with E-state index in [1.165, 1.54) is 11.3 Å². The largest absolute Gasteiger partial charge is 0.321 e. The van der Waals surface area contributed by atoms with Crippen molar-refractivity contribution in [2.45, 2.75) is 38.6 Å². The SMILES string of the molecule is CCc1cc(CC(N)(CC)c2ccccc2)n(C)n1. The number of nitrogens with two attached hydrogens (primary N) is 1. The molecular formula is C16H23N3. The van der Waals surface area contributed by atoms with Gasteiger partial charge in [-0.2, -0.15) is 5.10 Å². The molecule has 0 saturated heterocycles. The lowest BCUT2D eigenvalue weighted by Gasteiger charge is -2.28. The summed E-state index contributed by atoms with van der Waals surface area (Å²) in [4.78, 5) is 0. The highest BCUT2D eigenvalue weighted by atomic mass is 15.3. The molecule has 1 atom stereocenters. The average Bonchev–Trinajstić information content (AvgIpc) is 2.80. The third kappa shape index (κ3) is 2.87. The molecule has 1 unspecified atom stereocenters. The Morgan fingerprint density at radius 3 is 2.42 bits per heavy atom. The zero-order chi connectivity index (χ0) is 13.9. The highest BCUT2D eigenvalue weighted by Gasteiger charge is 2.26. The van der Waals surface area contributed by atoms with E-state index in [1.54, 1.807) is 0 Å². The highest BCUT2D eigenvalue weighted by molar-refractivity contribution is 5.26. The second-order valence-electron chi connectivity index (χ2n) is 5.16. The van der Waals surface area contributed by atoms with Gasteiger partial charge < -0.3 is 5.73 Å². The van der Waals surface area contributed by atoms with Gasteiger partial charge in [-0.25, -0.2) is 0 Å². The molecule has 0 aliphatic carbocycles. The van der Waals surface area contributed by atoms with Gasteiger partial charge in [-0.15, -0.1) is 0 Å². The van der Waals surface area contributed by atoms with Gasteiger partial charge >= 0.3 is 0 Å². The summed E-state index contributed by atoms with van der Waals surface area (Å²) in [5.41, 5.74) is 9.83. The third-order valence-electron chi connectivity index (χ3n) is 3.87. The van der Waals surface area contributed by atoms with Gasteiger partial charge in [0.25, 0.3) is 0 Å². The van der Waals surface area contributed by atoms with E-state index in [9.17, 15) is 0 Å². The van der Waals surface area contributed by atoms with E-state index < -0.39 is 0 Å². The highest BCUT2D eigenvalue weighted by Crippen LogP contribution is 2.26. The van der Waals surface area contributed by atoms with Crippen molar-refractivity contribution in [2.24, 2.45) is 12.8 Å². The zero-order valence-corrected chi connectivity index (χ0v) is 12.1. The van der Waals surface area contributed by atoms with Crippen LogP contribution in [0.1, 0.15) is 37.2 Å². The fourth-order valence-corrected chi connectivity index (χ4v) is 2.43. The summed E-state index contributed by atoms with van der Waals surface area (Å²) in [5, 5.41) is 4.50. The predicted octanol–water partition coefficient (Wildman–Crippen LogP) is 2.79. The molecule has 0 bridgehead atoms. The molecule has 2 aromatic rings. The smallest absolute Gasteiger partial charge is 0.0624 e. The number of aromatic nitrogens is 2. The molecule has 2 rings (SSSR count). The first-order valence-corrected chi connectivity index (χ1v) is 6.95. The summed E-state index contributed by atoms with van der Waals surface area (Å²) < 4.78 is 1.96. The second kappa shape index (κ2) is 5.57. The van der Waals surface area contributed by atoms with Crippen molar-refractivity contribution < 1.29 is 0 Å². The Kier molecular flexibility index (Phi) is 4.05. The fourth-order valence-electron chi connectivity index (χ4n) is 2.43. The molecule has 0 amide bonds. The topological polar surface area (TPSA) is 43.8 Å². The molecule has 0 saturated carbocycles. The van der Waals surface area contributed by atoms with Crippen LogP contribution in [0.25, 0.3) is 0 Å². The summed E-state index contributed by atoms with van der Waals surface area (Å²) in [5.74, 6) is 0. The molecule has 2 N–H and O–H groups in total. The van der Waals surface area contributed by atoms with Crippen molar-refractivity contribution in [1.29, 1.82) is 0 Å². The van der Waals surface area contributed by atoms with Gasteiger partial charge in [0.1, 0.15) is 0 Å². The molecule has 0 spiro atoms. The molecule has 0 radical (unpaired) electrons. The van der Waals surface area contributed by atoms with E-state index in [1.807, 2.05) is 29.9 Å². The number of rotatable bonds is 5. The number of hydrogen-bond acceptors (Lipinski definition) is 2. The van der Waals surface area contributed by atoms with Gasteiger partial charge in [0.2, 0.25) is 0 Å². The predicted molar refractivity (Wildman–Crippen MR) is 78.9 cm³/mol. The van der Waals surface area contributed by atoms with Crippen molar-refractivity contribution in [3.05, 3.63) is 53.3 Å². The van der Waals surface area contributed by atoms with Gasteiger partial charge in [-0.05, 0) is 24.5 Å². The van der Waals surface area contributed by atoms with Crippen LogP contribution in [0.3, 0.4) is 0 Å². The van der Waals surface area contributed by atoms with Crippen LogP contribution in [0.2, 0.25) is 0 Å². The third-order valence-corrected chi connectivity index (χ3v) is 3.87. The van der Waals surface area contributed by atoms with Crippen LogP contribution >= 0.6 is 0 Å². The molecule has 102 valence electrons. The van der Waals surface area contributed by atoms with Crippen molar-refractivity contribution in [2.75, 3.05) is 0 Å². The minimum Gasteiger partial charge on any atom is -0.321 e. The number of hydrogen-bond donors (Lipinski definition) is 1. The number of nitrogens with zero attached hydrogens (tertiary/aromatic N) is 2. The molecule has 0 aliphatic heterocycles. The molecule has 1 aromatic heterocycles. The van der Waals surface area contributed by atoms with Crippen molar-refractivity contribution in [1.82, 2.24) is 9.78 Å². The monoisotopic (exact) mass is 257 g/mol. The lowest BCUT2D eigenvalue weighted by molar-refractivity contribution is 0.412. The lowest BCUT2D eigenvalue weighted by Crippen LogP contribution is -2.38. The molecule has 0 fully saturated rings. The summed E-state index contributed by atoms with van der Waals surface area (Å²) in [6.07, 6.45) is 2.68. The van der Waals surface area contributed by atoms with E-state index in [-0.39, 0.29) is 5.54 Å². The Bertz CT molecular complexity index is 530. The van der Waals surface area contributed by atoms with Crippen LogP contribution in [0.5, 0.6) is 0 Å². The Balaban J connectivity index is 2.30. The molecular weight excluding hydrogens is 234 g/mol. The fraction of sp³-hybridized carbons (Fsp3) is 0.438. The minimum absolute atomic E-state index is 0.319. The van der Waals surface area contributed by atoms with Gasteiger partial charge in [0.15, 0.2) is 0 Å². The first-order chi connectivity index (χ1) is 9.09. The molecule has 19 heavy (non-hydrogen) atoms. The van der Waals surface area contributed by atoms with Crippen LogP contribution in [-0.4, -0.2) is 9.78 Å². The Labute approximate surface area is 115 Å². The van der Waals surface area contributed by atoms with Crippen molar-refractivity contribution in [3.63, 3.8) is 0 Å². The van der Waals surface area contributed by atoms with Gasteiger partial charge in [-0.3, -0.25) is 4.68 Å². The van der Waals surface area contributed by atoms with Crippen LogP contribution in [-0.2, 0) is 25.4 Å². The first kappa shape index (κ1) is 13.8. The van der Waals surface area contributed by atoms with Gasteiger partial charge in [0, 0.05) is 24.7 Å². The van der Waals surface area contributed by atoms with Crippen LogP contribution < -0.4 is 5.73 Å². The first-order valence-electron chi connectivity index (χ1n) is 6.95. The van der Waals surface area contributed by atoms with Crippen molar-refractivity contribution in [3.8, 4) is 0 Å². The molecule has 1 heterocycles. The minimum atomic E-state index is -0.319. The maximum absolute atomic E-state index is 6.63. The summed E-state index contributed by atoms with van der Waals surface area (Å²) in [6.45, 7) is 4.27. The molecule has 3 heteroatoms. The summed E-state index contributed by atoms with van der Waals surface area (Å²) in [6, 6.07) is 12.5. The normalized spacial score (nSPS) is 14.3. The average molecular weight is 257 g/mol. The standard InChI is InChI=1S/C16H23N3/c1-4-14-11-15(19(3)18-14)12-16(17,5-2)13-9-7-6-8-10-13/h6-11H,4-5,12,17H2,1-3H3. The zero-order valence-electron chi connectivity index (χ0n) is 12.1. The van der Waals surface area contributed by atoms with Crippen LogP contribution in [0.15, 0.2) is 36.4 Å². The van der Waals surface area contributed by atoms with Gasteiger partial charge in [0.05, 0.1) is 5.69 Å². The maximum atomic E-state index is 6.63. The Morgan fingerprint density at radius 2 is 1.89 bits per heavy atom. The lowest BCUT2D eigenvalue weighted by atomic mass is 9.84. The second-order valence-corrected chi connectivity index (χ2v) is 5.16. The molecule has 3 nitrogen and oxygen atoms in total. The summed E-state index contributed by atoms with van der Waals surface area (Å²) >= 11 is 0. The number of aryl methyl sites for hydroxylation is 2. The molecule has 0 aliphatic rings. The Hall–Kier alpha value is -1.61. The van der Waals surface area contributed by atoms with E-state index in [0.29, 0.717) is 0 Å². The van der Waals surface area contributed by atoms with Gasteiger partial charge in [-0.1, -0.05) is 44.2 Å². The van der Waals surface area contributed by atoms with Crippen molar-refractivity contribution >= 4 is 0 Å².